The lowest BCUT2D eigenvalue weighted by molar-refractivity contribution is 0.0937. The van der Waals surface area contributed by atoms with Gasteiger partial charge in [0.1, 0.15) is 5.69 Å². The van der Waals surface area contributed by atoms with Crippen LogP contribution >= 0.6 is 0 Å². The molecule has 0 saturated heterocycles. The van der Waals surface area contributed by atoms with E-state index in [0.29, 0.717) is 18.8 Å². The fourth-order valence-corrected chi connectivity index (χ4v) is 1.73. The van der Waals surface area contributed by atoms with Crippen LogP contribution in [0.4, 0.5) is 0 Å². The molecule has 0 N–H and O–H groups in total. The molecular formula is C14H16N4O. The van der Waals surface area contributed by atoms with Gasteiger partial charge >= 0.3 is 0 Å². The van der Waals surface area contributed by atoms with Crippen molar-refractivity contribution in [3.05, 3.63) is 53.6 Å². The number of likely N-dealkylation sites (N-methyl/N-ethyl adjacent to an activating group) is 1. The fraction of sp³-hybridized carbons (Fsp3) is 0.286. The van der Waals surface area contributed by atoms with Crippen molar-refractivity contribution < 1.29 is 4.79 Å². The minimum atomic E-state index is -0.0240. The molecule has 0 saturated carbocycles. The van der Waals surface area contributed by atoms with Crippen LogP contribution in [0.1, 0.15) is 21.7 Å². The van der Waals surface area contributed by atoms with E-state index >= 15 is 0 Å². The van der Waals surface area contributed by atoms with Crippen LogP contribution in [0.15, 0.2) is 36.7 Å². The molecule has 2 heterocycles. The predicted octanol–water partition coefficient (Wildman–Crippen LogP) is 1.49. The summed E-state index contributed by atoms with van der Waals surface area (Å²) in [6, 6.07) is 7.38. The van der Waals surface area contributed by atoms with Gasteiger partial charge in [-0.15, -0.1) is 5.10 Å². The van der Waals surface area contributed by atoms with Gasteiger partial charge in [0.2, 0.25) is 0 Å². The third-order valence-corrected chi connectivity index (χ3v) is 2.70. The molecular weight excluding hydrogens is 240 g/mol. The first-order valence-electron chi connectivity index (χ1n) is 6.06. The quantitative estimate of drug-likeness (QED) is 0.759. The van der Waals surface area contributed by atoms with Gasteiger partial charge in [0.05, 0.1) is 12.2 Å². The van der Waals surface area contributed by atoms with E-state index in [2.05, 4.69) is 15.2 Å². The Morgan fingerprint density at radius 1 is 1.16 bits per heavy atom. The maximum atomic E-state index is 12.0. The lowest BCUT2D eigenvalue weighted by atomic mass is 10.2. The molecule has 0 unspecified atom stereocenters. The molecule has 98 valence electrons. The molecule has 0 amide bonds. The van der Waals surface area contributed by atoms with Gasteiger partial charge in [-0.3, -0.25) is 14.7 Å². The zero-order valence-electron chi connectivity index (χ0n) is 11.1. The summed E-state index contributed by atoms with van der Waals surface area (Å²) in [6.07, 6.45) is 3.49. The van der Waals surface area contributed by atoms with Crippen molar-refractivity contribution in [2.45, 2.75) is 13.5 Å². The van der Waals surface area contributed by atoms with Crippen LogP contribution in [0.2, 0.25) is 0 Å². The van der Waals surface area contributed by atoms with E-state index in [0.717, 1.165) is 11.3 Å². The average Bonchev–Trinajstić information content (AvgIpc) is 2.40. The van der Waals surface area contributed by atoms with Gasteiger partial charge in [-0.2, -0.15) is 5.10 Å². The largest absolute Gasteiger partial charge is 0.295 e. The van der Waals surface area contributed by atoms with Gasteiger partial charge < -0.3 is 0 Å². The standard InChI is InChI=1S/C14H16N4O/c1-11-3-4-13(17-16-11)14(19)10-18(2)9-12-5-7-15-8-6-12/h3-8H,9-10H2,1-2H3. The third kappa shape index (κ3) is 3.93. The number of hydrogen-bond acceptors (Lipinski definition) is 5. The first-order valence-corrected chi connectivity index (χ1v) is 6.06. The number of ketones is 1. The number of carbonyl (C=O) groups excluding carboxylic acids is 1. The monoisotopic (exact) mass is 256 g/mol. The summed E-state index contributed by atoms with van der Waals surface area (Å²) in [6.45, 7) is 2.87. The lowest BCUT2D eigenvalue weighted by Gasteiger charge is -2.15. The van der Waals surface area contributed by atoms with Gasteiger partial charge in [-0.25, -0.2) is 0 Å². The highest BCUT2D eigenvalue weighted by molar-refractivity contribution is 5.95. The predicted molar refractivity (Wildman–Crippen MR) is 71.7 cm³/mol. The lowest BCUT2D eigenvalue weighted by Crippen LogP contribution is -2.26. The van der Waals surface area contributed by atoms with Crippen molar-refractivity contribution in [3.63, 3.8) is 0 Å². The van der Waals surface area contributed by atoms with Crippen LogP contribution in [0, 0.1) is 6.92 Å². The fourth-order valence-electron chi connectivity index (χ4n) is 1.73. The summed E-state index contributed by atoms with van der Waals surface area (Å²) in [4.78, 5) is 17.9. The van der Waals surface area contributed by atoms with Gasteiger partial charge in [-0.1, -0.05) is 0 Å². The van der Waals surface area contributed by atoms with Crippen molar-refractivity contribution in [1.82, 2.24) is 20.1 Å². The van der Waals surface area contributed by atoms with Gasteiger partial charge in [-0.05, 0) is 43.8 Å². The van der Waals surface area contributed by atoms with Crippen molar-refractivity contribution in [3.8, 4) is 0 Å². The van der Waals surface area contributed by atoms with Crippen molar-refractivity contribution >= 4 is 5.78 Å². The molecule has 0 bridgehead atoms. The minimum Gasteiger partial charge on any atom is -0.295 e. The van der Waals surface area contributed by atoms with E-state index in [1.807, 2.05) is 31.0 Å². The normalized spacial score (nSPS) is 10.7. The summed E-state index contributed by atoms with van der Waals surface area (Å²) >= 11 is 0. The SMILES string of the molecule is Cc1ccc(C(=O)CN(C)Cc2ccncc2)nn1. The van der Waals surface area contributed by atoms with E-state index < -0.39 is 0 Å². The minimum absolute atomic E-state index is 0.0240. The number of aromatic nitrogens is 3. The topological polar surface area (TPSA) is 59.0 Å². The molecule has 0 aliphatic rings. The molecule has 2 aromatic rings. The van der Waals surface area contributed by atoms with Crippen LogP contribution in [-0.4, -0.2) is 39.5 Å². The molecule has 0 atom stereocenters. The summed E-state index contributed by atoms with van der Waals surface area (Å²) in [7, 11) is 1.90. The highest BCUT2D eigenvalue weighted by Gasteiger charge is 2.11. The van der Waals surface area contributed by atoms with Gasteiger partial charge in [0.25, 0.3) is 0 Å². The van der Waals surface area contributed by atoms with E-state index in [1.54, 1.807) is 24.5 Å². The third-order valence-electron chi connectivity index (χ3n) is 2.70. The Balaban J connectivity index is 1.93. The molecule has 0 fully saturated rings. The number of aryl methyl sites for hydroxylation is 1. The summed E-state index contributed by atoms with van der Waals surface area (Å²) in [5, 5.41) is 7.80. The Hall–Kier alpha value is -2.14. The number of hydrogen-bond donors (Lipinski definition) is 0. The van der Waals surface area contributed by atoms with Crippen molar-refractivity contribution in [2.75, 3.05) is 13.6 Å². The molecule has 0 aliphatic heterocycles. The number of nitrogens with zero attached hydrogens (tertiary/aromatic N) is 4. The first-order chi connectivity index (χ1) is 9.15. The summed E-state index contributed by atoms with van der Waals surface area (Å²) in [5.74, 6) is -0.0240. The second kappa shape index (κ2) is 6.15. The van der Waals surface area contributed by atoms with E-state index in [9.17, 15) is 4.79 Å². The van der Waals surface area contributed by atoms with Crippen LogP contribution in [-0.2, 0) is 6.54 Å². The first kappa shape index (κ1) is 13.3. The number of Topliss-reactive ketones (excluding diaryl/α,β-unsaturated/α-hetero) is 1. The maximum Gasteiger partial charge on any atom is 0.196 e. The summed E-state index contributed by atoms with van der Waals surface area (Å²) < 4.78 is 0. The number of pyridine rings is 1. The van der Waals surface area contributed by atoms with Gasteiger partial charge in [0.15, 0.2) is 5.78 Å². The Morgan fingerprint density at radius 3 is 2.53 bits per heavy atom. The highest BCUT2D eigenvalue weighted by Crippen LogP contribution is 2.03. The zero-order valence-corrected chi connectivity index (χ0v) is 11.1. The van der Waals surface area contributed by atoms with Gasteiger partial charge in [0, 0.05) is 18.9 Å². The van der Waals surface area contributed by atoms with Crippen LogP contribution < -0.4 is 0 Å². The Labute approximate surface area is 112 Å². The van der Waals surface area contributed by atoms with E-state index in [4.69, 9.17) is 0 Å². The number of rotatable bonds is 5. The van der Waals surface area contributed by atoms with Crippen molar-refractivity contribution in [1.29, 1.82) is 0 Å². The molecule has 19 heavy (non-hydrogen) atoms. The molecule has 0 aliphatic carbocycles. The number of carbonyl (C=O) groups is 1. The highest BCUT2D eigenvalue weighted by atomic mass is 16.1. The second-order valence-corrected chi connectivity index (χ2v) is 4.51. The molecule has 5 heteroatoms. The molecule has 0 radical (unpaired) electrons. The second-order valence-electron chi connectivity index (χ2n) is 4.51. The molecule has 0 aromatic carbocycles. The average molecular weight is 256 g/mol. The molecule has 5 nitrogen and oxygen atoms in total. The van der Waals surface area contributed by atoms with E-state index in [-0.39, 0.29) is 5.78 Å². The Kier molecular flexibility index (Phi) is 4.30. The van der Waals surface area contributed by atoms with Crippen LogP contribution in [0.3, 0.4) is 0 Å². The molecule has 2 aromatic heterocycles. The van der Waals surface area contributed by atoms with E-state index in [1.165, 1.54) is 0 Å². The molecule has 2 rings (SSSR count). The zero-order chi connectivity index (χ0) is 13.7. The van der Waals surface area contributed by atoms with Crippen LogP contribution in [0.25, 0.3) is 0 Å². The molecule has 0 spiro atoms. The Bertz CT molecular complexity index is 539. The van der Waals surface area contributed by atoms with Crippen molar-refractivity contribution in [2.24, 2.45) is 0 Å². The smallest absolute Gasteiger partial charge is 0.196 e. The summed E-state index contributed by atoms with van der Waals surface area (Å²) in [5.41, 5.74) is 2.34. The van der Waals surface area contributed by atoms with Crippen LogP contribution in [0.5, 0.6) is 0 Å². The maximum absolute atomic E-state index is 12.0. The Morgan fingerprint density at radius 2 is 1.89 bits per heavy atom.